The van der Waals surface area contributed by atoms with E-state index in [4.69, 9.17) is 0 Å². The van der Waals surface area contributed by atoms with E-state index in [-0.39, 0.29) is 24.6 Å². The third-order valence-corrected chi connectivity index (χ3v) is 3.63. The van der Waals surface area contributed by atoms with Crippen molar-refractivity contribution in [3.63, 3.8) is 0 Å². The normalized spacial score (nSPS) is 21.6. The van der Waals surface area contributed by atoms with Crippen LogP contribution in [-0.2, 0) is 14.3 Å². The fourth-order valence-corrected chi connectivity index (χ4v) is 2.53. The van der Waals surface area contributed by atoms with Gasteiger partial charge in [-0.2, -0.15) is 0 Å². The Morgan fingerprint density at radius 2 is 2.18 bits per heavy atom. The van der Waals surface area contributed by atoms with Crippen LogP contribution >= 0.6 is 0 Å². The molecular formula is C15H19FN2O4. The molecule has 120 valence electrons. The first kappa shape index (κ1) is 16.4. The van der Waals surface area contributed by atoms with Crippen molar-refractivity contribution in [3.8, 4) is 0 Å². The van der Waals surface area contributed by atoms with Gasteiger partial charge in [0, 0.05) is 25.9 Å². The lowest BCUT2D eigenvalue weighted by Gasteiger charge is -2.21. The summed E-state index contributed by atoms with van der Waals surface area (Å²) in [4.78, 5) is 25.2. The van der Waals surface area contributed by atoms with E-state index in [1.54, 1.807) is 11.0 Å². The van der Waals surface area contributed by atoms with Crippen LogP contribution in [0.1, 0.15) is 12.8 Å². The van der Waals surface area contributed by atoms with Crippen molar-refractivity contribution in [2.45, 2.75) is 25.0 Å². The molecule has 1 aromatic carbocycles. The first-order valence-electron chi connectivity index (χ1n) is 7.05. The molecule has 0 saturated carbocycles. The lowest BCUT2D eigenvalue weighted by atomic mass is 10.2. The zero-order chi connectivity index (χ0) is 16.1. The summed E-state index contributed by atoms with van der Waals surface area (Å²) in [5, 5.41) is 12.1. The summed E-state index contributed by atoms with van der Waals surface area (Å²) in [6.45, 7) is 0.601. The van der Waals surface area contributed by atoms with Crippen LogP contribution in [0.15, 0.2) is 24.3 Å². The second kappa shape index (κ2) is 7.33. The molecule has 2 N–H and O–H groups in total. The third-order valence-electron chi connectivity index (χ3n) is 3.63. The number of ether oxygens (including phenoxy) is 1. The number of anilines is 1. The number of rotatable bonds is 5. The van der Waals surface area contributed by atoms with Gasteiger partial charge in [-0.05, 0) is 12.1 Å². The smallest absolute Gasteiger partial charge is 0.323 e. The van der Waals surface area contributed by atoms with E-state index in [1.165, 1.54) is 25.3 Å². The molecule has 0 radical (unpaired) electrons. The number of β-amino-alcohol motifs (C(OH)–C–C–N with tert-alkyl or cyclic N) is 1. The molecule has 0 bridgehead atoms. The fraction of sp³-hybridized carbons (Fsp3) is 0.467. The molecule has 7 heteroatoms. The Labute approximate surface area is 127 Å². The maximum atomic E-state index is 13.4. The molecule has 0 unspecified atom stereocenters. The molecule has 1 amide bonds. The van der Waals surface area contributed by atoms with Crippen LogP contribution in [0.4, 0.5) is 10.1 Å². The Balaban J connectivity index is 1.87. The topological polar surface area (TPSA) is 78.9 Å². The van der Waals surface area contributed by atoms with E-state index in [0.717, 1.165) is 0 Å². The van der Waals surface area contributed by atoms with E-state index in [9.17, 15) is 19.1 Å². The van der Waals surface area contributed by atoms with E-state index >= 15 is 0 Å². The van der Waals surface area contributed by atoms with Gasteiger partial charge in [-0.15, -0.1) is 0 Å². The number of amides is 1. The predicted molar refractivity (Wildman–Crippen MR) is 77.6 cm³/mol. The molecule has 0 aliphatic carbocycles. The average molecular weight is 310 g/mol. The largest absolute Gasteiger partial charge is 0.468 e. The van der Waals surface area contributed by atoms with E-state index in [2.05, 4.69) is 10.1 Å². The highest BCUT2D eigenvalue weighted by molar-refractivity contribution is 5.91. The summed E-state index contributed by atoms with van der Waals surface area (Å²) in [5.41, 5.74) is 0.124. The van der Waals surface area contributed by atoms with Gasteiger partial charge in [0.25, 0.3) is 0 Å². The van der Waals surface area contributed by atoms with E-state index < -0.39 is 23.9 Å². The number of carbonyl (C=O) groups excluding carboxylic acids is 2. The molecule has 2 rings (SSSR count). The summed E-state index contributed by atoms with van der Waals surface area (Å²) in [6.07, 6.45) is -0.227. The number of hydrogen-bond acceptors (Lipinski definition) is 5. The van der Waals surface area contributed by atoms with Crippen molar-refractivity contribution in [1.82, 2.24) is 4.90 Å². The highest BCUT2D eigenvalue weighted by Crippen LogP contribution is 2.19. The number of carbonyl (C=O) groups is 2. The number of methoxy groups -OCH3 is 1. The molecule has 1 fully saturated rings. The van der Waals surface area contributed by atoms with Crippen molar-refractivity contribution in [3.05, 3.63) is 30.1 Å². The van der Waals surface area contributed by atoms with Gasteiger partial charge in [0.05, 0.1) is 18.9 Å². The van der Waals surface area contributed by atoms with Gasteiger partial charge in [0.2, 0.25) is 5.91 Å². The molecule has 1 heterocycles. The van der Waals surface area contributed by atoms with Crippen molar-refractivity contribution < 1.29 is 23.8 Å². The predicted octanol–water partition coefficient (Wildman–Crippen LogP) is 0.762. The van der Waals surface area contributed by atoms with E-state index in [0.29, 0.717) is 13.0 Å². The number of benzene rings is 1. The second-order valence-corrected chi connectivity index (χ2v) is 5.20. The van der Waals surface area contributed by atoms with Crippen molar-refractivity contribution in [1.29, 1.82) is 0 Å². The molecule has 0 spiro atoms. The number of likely N-dealkylation sites (tertiary alicyclic amines) is 1. The SMILES string of the molecule is COC(=O)[C@H]1C[C@H](O)CN1CCC(=O)Nc1ccccc1F. The number of aliphatic hydroxyl groups is 1. The minimum absolute atomic E-state index is 0.0918. The summed E-state index contributed by atoms with van der Waals surface area (Å²) < 4.78 is 18.1. The third kappa shape index (κ3) is 4.02. The van der Waals surface area contributed by atoms with Gasteiger partial charge in [-0.3, -0.25) is 14.5 Å². The van der Waals surface area contributed by atoms with Gasteiger partial charge in [0.15, 0.2) is 0 Å². The highest BCUT2D eigenvalue weighted by Gasteiger charge is 2.36. The molecule has 1 saturated heterocycles. The highest BCUT2D eigenvalue weighted by atomic mass is 19.1. The Kier molecular flexibility index (Phi) is 5.46. The first-order chi connectivity index (χ1) is 10.5. The molecule has 2 atom stereocenters. The molecule has 1 aliphatic heterocycles. The van der Waals surface area contributed by atoms with Crippen LogP contribution in [-0.4, -0.2) is 54.2 Å². The fourth-order valence-electron chi connectivity index (χ4n) is 2.53. The Morgan fingerprint density at radius 1 is 1.45 bits per heavy atom. The van der Waals surface area contributed by atoms with Crippen molar-refractivity contribution >= 4 is 17.6 Å². The van der Waals surface area contributed by atoms with Crippen LogP contribution < -0.4 is 5.32 Å². The Hall–Kier alpha value is -1.99. The molecule has 1 aliphatic rings. The first-order valence-corrected chi connectivity index (χ1v) is 7.05. The molecular weight excluding hydrogens is 291 g/mol. The zero-order valence-corrected chi connectivity index (χ0v) is 12.3. The van der Waals surface area contributed by atoms with Gasteiger partial charge >= 0.3 is 5.97 Å². The van der Waals surface area contributed by atoms with E-state index in [1.807, 2.05) is 0 Å². The number of hydrogen-bond donors (Lipinski definition) is 2. The number of halogens is 1. The van der Waals surface area contributed by atoms with Gasteiger partial charge in [-0.25, -0.2) is 4.39 Å². The minimum Gasteiger partial charge on any atom is -0.468 e. The maximum absolute atomic E-state index is 13.4. The number of esters is 1. The lowest BCUT2D eigenvalue weighted by Crippen LogP contribution is -2.38. The van der Waals surface area contributed by atoms with Crippen LogP contribution in [0.25, 0.3) is 0 Å². The second-order valence-electron chi connectivity index (χ2n) is 5.20. The monoisotopic (exact) mass is 310 g/mol. The standard InChI is InChI=1S/C15H19FN2O4/c1-22-15(21)13-8-10(19)9-18(13)7-6-14(20)17-12-5-3-2-4-11(12)16/h2-5,10,13,19H,6-9H2,1H3,(H,17,20)/t10-,13+/m0/s1. The molecule has 6 nitrogen and oxygen atoms in total. The quantitative estimate of drug-likeness (QED) is 0.785. The Bertz CT molecular complexity index is 552. The van der Waals surface area contributed by atoms with Gasteiger partial charge in [0.1, 0.15) is 11.9 Å². The van der Waals surface area contributed by atoms with Crippen LogP contribution in [0.2, 0.25) is 0 Å². The summed E-state index contributed by atoms with van der Waals surface area (Å²) >= 11 is 0. The average Bonchev–Trinajstić information content (AvgIpc) is 2.88. The van der Waals surface area contributed by atoms with Crippen LogP contribution in [0, 0.1) is 5.82 Å². The van der Waals surface area contributed by atoms with Gasteiger partial charge < -0.3 is 15.2 Å². The molecule has 0 aromatic heterocycles. The lowest BCUT2D eigenvalue weighted by molar-refractivity contribution is -0.146. The van der Waals surface area contributed by atoms with Crippen LogP contribution in [0.3, 0.4) is 0 Å². The van der Waals surface area contributed by atoms with Gasteiger partial charge in [-0.1, -0.05) is 12.1 Å². The molecule has 22 heavy (non-hydrogen) atoms. The number of nitrogens with one attached hydrogen (secondary N) is 1. The van der Waals surface area contributed by atoms with Crippen molar-refractivity contribution in [2.24, 2.45) is 0 Å². The summed E-state index contributed by atoms with van der Waals surface area (Å²) in [7, 11) is 1.29. The van der Waals surface area contributed by atoms with Crippen LogP contribution in [0.5, 0.6) is 0 Å². The zero-order valence-electron chi connectivity index (χ0n) is 12.3. The number of para-hydroxylation sites is 1. The van der Waals surface area contributed by atoms with Crippen molar-refractivity contribution in [2.75, 3.05) is 25.5 Å². The Morgan fingerprint density at radius 3 is 2.86 bits per heavy atom. The minimum atomic E-state index is -0.612. The number of nitrogens with zero attached hydrogens (tertiary/aromatic N) is 1. The summed E-state index contributed by atoms with van der Waals surface area (Å²) in [5.74, 6) is -1.28. The molecule has 1 aromatic rings. The maximum Gasteiger partial charge on any atom is 0.323 e. The number of aliphatic hydroxyl groups excluding tert-OH is 1. The summed E-state index contributed by atoms with van der Waals surface area (Å²) in [6, 6.07) is 5.37.